The summed E-state index contributed by atoms with van der Waals surface area (Å²) in [6.07, 6.45) is 2.05. The molecule has 4 rings (SSSR count). The summed E-state index contributed by atoms with van der Waals surface area (Å²) in [5.74, 6) is 1.82. The molecular weight excluding hydrogens is 438 g/mol. The lowest BCUT2D eigenvalue weighted by molar-refractivity contribution is -0.130. The Hall–Kier alpha value is -3.39. The summed E-state index contributed by atoms with van der Waals surface area (Å²) >= 11 is -1.66. The van der Waals surface area contributed by atoms with Crippen LogP contribution in [-0.2, 0) is 22.3 Å². The molecule has 1 saturated heterocycles. The van der Waals surface area contributed by atoms with Gasteiger partial charge in [-0.15, -0.1) is 0 Å². The van der Waals surface area contributed by atoms with Crippen LogP contribution in [0.4, 0.5) is 5.82 Å². The molecule has 1 atom stereocenters. The van der Waals surface area contributed by atoms with E-state index in [0.717, 1.165) is 30.0 Å². The van der Waals surface area contributed by atoms with Crippen LogP contribution < -0.4 is 13.8 Å². The molecule has 0 bridgehead atoms. The van der Waals surface area contributed by atoms with Crippen molar-refractivity contribution in [3.05, 3.63) is 78.0 Å². The molecule has 1 aliphatic heterocycles. The number of hydrogen-bond acceptors (Lipinski definition) is 6. The number of amides is 1. The second-order valence-electron chi connectivity index (χ2n) is 7.85. The monoisotopic (exact) mass is 465 g/mol. The number of anilines is 1. The highest BCUT2D eigenvalue weighted by Crippen LogP contribution is 2.30. The summed E-state index contributed by atoms with van der Waals surface area (Å²) in [6, 6.07) is 18.5. The Balaban J connectivity index is 1.36. The molecule has 1 fully saturated rings. The van der Waals surface area contributed by atoms with Crippen LogP contribution in [0.25, 0.3) is 0 Å². The van der Waals surface area contributed by atoms with Crippen LogP contribution >= 0.6 is 0 Å². The van der Waals surface area contributed by atoms with Crippen LogP contribution in [0, 0.1) is 6.92 Å². The Morgan fingerprint density at radius 1 is 1.00 bits per heavy atom. The van der Waals surface area contributed by atoms with Crippen LogP contribution in [-0.4, -0.2) is 53.3 Å². The third-order valence-corrected chi connectivity index (χ3v) is 6.56. The minimum Gasteiger partial charge on any atom is -0.493 e. The Labute approximate surface area is 196 Å². The fourth-order valence-corrected chi connectivity index (χ4v) is 4.44. The number of ether oxygens (including phenoxy) is 1. The zero-order valence-corrected chi connectivity index (χ0v) is 19.6. The molecule has 2 aromatic carbocycles. The summed E-state index contributed by atoms with van der Waals surface area (Å²) in [5.41, 5.74) is 1.90. The number of hydrogen-bond donors (Lipinski definition) is 0. The largest absolute Gasteiger partial charge is 0.493 e. The molecule has 1 aliphatic rings. The van der Waals surface area contributed by atoms with Crippen molar-refractivity contribution in [3.63, 3.8) is 0 Å². The molecule has 172 valence electrons. The number of aryl methyl sites for hydroxylation is 1. The topological polar surface area (TPSA) is 72.0 Å². The van der Waals surface area contributed by atoms with Crippen molar-refractivity contribution < 1.29 is 17.9 Å². The fourth-order valence-electron chi connectivity index (χ4n) is 3.68. The predicted molar refractivity (Wildman–Crippen MR) is 128 cm³/mol. The number of carbonyl (C=O) groups excluding carboxylic acids is 1. The van der Waals surface area contributed by atoms with E-state index in [4.69, 9.17) is 8.92 Å². The van der Waals surface area contributed by atoms with Crippen molar-refractivity contribution in [2.45, 2.75) is 18.2 Å². The van der Waals surface area contributed by atoms with Gasteiger partial charge in [0.15, 0.2) is 11.5 Å². The van der Waals surface area contributed by atoms with E-state index in [2.05, 4.69) is 9.88 Å². The van der Waals surface area contributed by atoms with Gasteiger partial charge in [-0.05, 0) is 48.9 Å². The van der Waals surface area contributed by atoms with Crippen molar-refractivity contribution in [2.75, 3.05) is 38.2 Å². The molecule has 0 N–H and O–H groups in total. The van der Waals surface area contributed by atoms with Gasteiger partial charge in [0.05, 0.1) is 18.4 Å². The maximum Gasteiger partial charge on any atom is 0.240 e. The smallest absolute Gasteiger partial charge is 0.240 e. The lowest BCUT2D eigenvalue weighted by Crippen LogP contribution is -2.49. The molecule has 0 spiro atoms. The fraction of sp³-hybridized carbons (Fsp3) is 0.280. The van der Waals surface area contributed by atoms with E-state index in [9.17, 15) is 9.00 Å². The molecule has 0 radical (unpaired) electrons. The highest BCUT2D eigenvalue weighted by Gasteiger charge is 2.22. The number of aromatic nitrogens is 1. The molecule has 1 amide bonds. The van der Waals surface area contributed by atoms with E-state index in [0.29, 0.717) is 29.5 Å². The first-order valence-electron chi connectivity index (χ1n) is 10.8. The summed E-state index contributed by atoms with van der Waals surface area (Å²) in [4.78, 5) is 21.9. The van der Waals surface area contributed by atoms with Gasteiger partial charge in [-0.25, -0.2) is 9.19 Å². The molecule has 0 saturated carbocycles. The van der Waals surface area contributed by atoms with E-state index in [1.165, 1.54) is 7.11 Å². The number of methoxy groups -OCH3 is 1. The molecule has 2 heterocycles. The normalized spacial score (nSPS) is 14.6. The second kappa shape index (κ2) is 10.5. The van der Waals surface area contributed by atoms with Gasteiger partial charge in [0, 0.05) is 32.4 Å². The number of carbonyl (C=O) groups is 1. The second-order valence-corrected chi connectivity index (χ2v) is 8.96. The van der Waals surface area contributed by atoms with Gasteiger partial charge in [-0.3, -0.25) is 4.79 Å². The summed E-state index contributed by atoms with van der Waals surface area (Å²) in [6.45, 7) is 4.79. The van der Waals surface area contributed by atoms with E-state index in [1.807, 2.05) is 48.2 Å². The lowest BCUT2D eigenvalue weighted by Gasteiger charge is -2.35. The predicted octanol–water partition coefficient (Wildman–Crippen LogP) is 3.39. The van der Waals surface area contributed by atoms with Crippen LogP contribution in [0.1, 0.15) is 11.1 Å². The Morgan fingerprint density at radius 3 is 2.42 bits per heavy atom. The molecule has 33 heavy (non-hydrogen) atoms. The molecule has 0 aliphatic carbocycles. The van der Waals surface area contributed by atoms with Gasteiger partial charge in [-0.1, -0.05) is 29.8 Å². The molecular formula is C25H27N3O4S. The Bertz CT molecular complexity index is 1110. The average Bonchev–Trinajstić information content (AvgIpc) is 2.86. The Kier molecular flexibility index (Phi) is 7.24. The number of nitrogens with zero attached hydrogens (tertiary/aromatic N) is 3. The number of rotatable bonds is 7. The first-order chi connectivity index (χ1) is 16.0. The average molecular weight is 466 g/mol. The van der Waals surface area contributed by atoms with Crippen molar-refractivity contribution in [1.29, 1.82) is 0 Å². The van der Waals surface area contributed by atoms with E-state index < -0.39 is 11.1 Å². The van der Waals surface area contributed by atoms with Crippen molar-refractivity contribution in [2.24, 2.45) is 0 Å². The molecule has 3 aromatic rings. The highest BCUT2D eigenvalue weighted by atomic mass is 32.2. The third kappa shape index (κ3) is 5.70. The minimum absolute atomic E-state index is 0.0645. The lowest BCUT2D eigenvalue weighted by atomic mass is 10.1. The molecule has 8 heteroatoms. The van der Waals surface area contributed by atoms with Crippen molar-refractivity contribution in [3.8, 4) is 11.5 Å². The van der Waals surface area contributed by atoms with Gasteiger partial charge >= 0.3 is 0 Å². The zero-order valence-electron chi connectivity index (χ0n) is 18.8. The molecule has 1 aromatic heterocycles. The Morgan fingerprint density at radius 2 is 1.76 bits per heavy atom. The van der Waals surface area contributed by atoms with Gasteiger partial charge in [0.25, 0.3) is 0 Å². The maximum absolute atomic E-state index is 12.9. The first-order valence-corrected chi connectivity index (χ1v) is 11.9. The molecule has 1 unspecified atom stereocenters. The third-order valence-electron chi connectivity index (χ3n) is 5.57. The van der Waals surface area contributed by atoms with Crippen LogP contribution in [0.2, 0.25) is 0 Å². The van der Waals surface area contributed by atoms with Crippen LogP contribution in [0.3, 0.4) is 0 Å². The minimum atomic E-state index is -1.66. The summed E-state index contributed by atoms with van der Waals surface area (Å²) < 4.78 is 23.6. The van der Waals surface area contributed by atoms with Crippen molar-refractivity contribution in [1.82, 2.24) is 9.88 Å². The van der Waals surface area contributed by atoms with Gasteiger partial charge in [-0.2, -0.15) is 0 Å². The van der Waals surface area contributed by atoms with Crippen LogP contribution in [0.15, 0.2) is 71.8 Å². The van der Waals surface area contributed by atoms with Gasteiger partial charge in [0.2, 0.25) is 17.0 Å². The van der Waals surface area contributed by atoms with E-state index in [-0.39, 0.29) is 12.3 Å². The standard InChI is InChI=1S/C25H27N3O4S/c1-19-6-9-21(10-7-19)33(30)32-22-11-8-20(17-23(22)31-2)18-25(29)28-15-13-27(14-16-28)24-5-3-4-12-26-24/h3-12,17H,13-16,18H2,1-2H3. The maximum atomic E-state index is 12.9. The highest BCUT2D eigenvalue weighted by molar-refractivity contribution is 7.80. The first kappa shape index (κ1) is 22.8. The molecule has 7 nitrogen and oxygen atoms in total. The van der Waals surface area contributed by atoms with Crippen molar-refractivity contribution >= 4 is 22.8 Å². The van der Waals surface area contributed by atoms with E-state index >= 15 is 0 Å². The summed E-state index contributed by atoms with van der Waals surface area (Å²) in [7, 11) is 1.53. The quantitative estimate of drug-likeness (QED) is 0.533. The number of piperazine rings is 1. The zero-order chi connectivity index (χ0) is 23.2. The van der Waals surface area contributed by atoms with Gasteiger partial charge in [0.1, 0.15) is 5.82 Å². The summed E-state index contributed by atoms with van der Waals surface area (Å²) in [5, 5.41) is 0. The van der Waals surface area contributed by atoms with E-state index in [1.54, 1.807) is 30.5 Å². The van der Waals surface area contributed by atoms with Crippen LogP contribution in [0.5, 0.6) is 11.5 Å². The van der Waals surface area contributed by atoms with Gasteiger partial charge < -0.3 is 18.7 Å². The number of pyridine rings is 1. The SMILES string of the molecule is COc1cc(CC(=O)N2CCN(c3ccccn3)CC2)ccc1OS(=O)c1ccc(C)cc1. The number of benzene rings is 2.